The van der Waals surface area contributed by atoms with Crippen LogP contribution in [-0.4, -0.2) is 16.1 Å². The highest BCUT2D eigenvalue weighted by molar-refractivity contribution is 9.10. The highest BCUT2D eigenvalue weighted by Gasteiger charge is 2.14. The van der Waals surface area contributed by atoms with Crippen molar-refractivity contribution in [2.75, 3.05) is 6.54 Å². The topological polar surface area (TPSA) is 37.8 Å². The Kier molecular flexibility index (Phi) is 4.79. The summed E-state index contributed by atoms with van der Waals surface area (Å²) in [5.74, 6) is -0.275. The van der Waals surface area contributed by atoms with Crippen LogP contribution < -0.4 is 5.32 Å². The third-order valence-corrected chi connectivity index (χ3v) is 3.67. The summed E-state index contributed by atoms with van der Waals surface area (Å²) in [6.07, 6.45) is 1.06. The van der Waals surface area contributed by atoms with Gasteiger partial charge in [0.05, 0.1) is 4.88 Å². The Balaban J connectivity index is 2.27. The maximum atomic E-state index is 13.8. The minimum Gasteiger partial charge on any atom is -0.312 e. The summed E-state index contributed by atoms with van der Waals surface area (Å²) in [6, 6.07) is 4.84. The molecule has 0 unspecified atom stereocenters. The van der Waals surface area contributed by atoms with E-state index in [-0.39, 0.29) is 5.82 Å². The quantitative estimate of drug-likeness (QED) is 0.851. The monoisotopic (exact) mass is 329 g/mol. The van der Waals surface area contributed by atoms with Gasteiger partial charge < -0.3 is 5.32 Å². The van der Waals surface area contributed by atoms with Gasteiger partial charge in [-0.3, -0.25) is 0 Å². The van der Waals surface area contributed by atoms with Gasteiger partial charge >= 0.3 is 0 Å². The number of hydrogen-bond donors (Lipinski definition) is 1. The number of rotatable bonds is 5. The molecule has 0 atom stereocenters. The summed E-state index contributed by atoms with van der Waals surface area (Å²) in [6.45, 7) is 3.71. The average Bonchev–Trinajstić information content (AvgIpc) is 2.81. The van der Waals surface area contributed by atoms with Crippen molar-refractivity contribution in [3.05, 3.63) is 33.4 Å². The molecule has 1 N–H and O–H groups in total. The molecular formula is C12H13BrFN3S. The largest absolute Gasteiger partial charge is 0.312 e. The van der Waals surface area contributed by atoms with E-state index in [0.29, 0.717) is 17.8 Å². The van der Waals surface area contributed by atoms with Crippen molar-refractivity contribution in [3.8, 4) is 11.3 Å². The van der Waals surface area contributed by atoms with E-state index in [1.807, 2.05) is 0 Å². The van der Waals surface area contributed by atoms with Crippen LogP contribution >= 0.6 is 27.5 Å². The molecule has 0 aliphatic rings. The molecule has 1 heterocycles. The van der Waals surface area contributed by atoms with Crippen molar-refractivity contribution in [2.24, 2.45) is 0 Å². The third-order valence-electron chi connectivity index (χ3n) is 2.45. The van der Waals surface area contributed by atoms with Crippen molar-refractivity contribution in [3.63, 3.8) is 0 Å². The first-order valence-electron chi connectivity index (χ1n) is 5.69. The van der Waals surface area contributed by atoms with Crippen molar-refractivity contribution in [2.45, 2.75) is 19.9 Å². The van der Waals surface area contributed by atoms with Gasteiger partial charge in [0.1, 0.15) is 11.5 Å². The first-order chi connectivity index (χ1) is 8.72. The minimum absolute atomic E-state index is 0.275. The van der Waals surface area contributed by atoms with Crippen molar-refractivity contribution < 1.29 is 4.39 Å². The van der Waals surface area contributed by atoms with E-state index in [0.717, 1.165) is 22.3 Å². The number of aromatic nitrogens is 2. The second kappa shape index (κ2) is 6.36. The summed E-state index contributed by atoms with van der Waals surface area (Å²) >= 11 is 4.65. The lowest BCUT2D eigenvalue weighted by Gasteiger charge is -2.04. The van der Waals surface area contributed by atoms with Crippen LogP contribution in [0.1, 0.15) is 18.2 Å². The van der Waals surface area contributed by atoms with E-state index < -0.39 is 0 Å². The summed E-state index contributed by atoms with van der Waals surface area (Å²) in [5, 5.41) is 7.31. The molecule has 0 saturated heterocycles. The highest BCUT2D eigenvalue weighted by atomic mass is 79.9. The standard InChI is InChI=1S/C12H13BrFN3S/c1-2-5-15-7-11-12(16-17-18-11)9-6-8(13)3-4-10(9)14/h3-4,6,15H,2,5,7H2,1H3. The lowest BCUT2D eigenvalue weighted by Crippen LogP contribution is -2.13. The zero-order valence-electron chi connectivity index (χ0n) is 9.91. The second-order valence-corrected chi connectivity index (χ2v) is 5.60. The minimum atomic E-state index is -0.275. The Hall–Kier alpha value is -0.850. The Bertz CT molecular complexity index is 530. The fourth-order valence-corrected chi connectivity index (χ4v) is 2.57. The van der Waals surface area contributed by atoms with E-state index in [4.69, 9.17) is 0 Å². The van der Waals surface area contributed by atoms with Crippen LogP contribution in [0.4, 0.5) is 4.39 Å². The van der Waals surface area contributed by atoms with Gasteiger partial charge in [-0.05, 0) is 42.7 Å². The molecule has 0 spiro atoms. The van der Waals surface area contributed by atoms with Gasteiger partial charge in [0.25, 0.3) is 0 Å². The lowest BCUT2D eigenvalue weighted by atomic mass is 10.1. The van der Waals surface area contributed by atoms with Gasteiger partial charge in [0.15, 0.2) is 0 Å². The molecule has 2 aromatic rings. The molecule has 0 amide bonds. The zero-order valence-corrected chi connectivity index (χ0v) is 12.3. The van der Waals surface area contributed by atoms with Crippen molar-refractivity contribution >= 4 is 27.5 Å². The predicted molar refractivity (Wildman–Crippen MR) is 75.0 cm³/mol. The molecule has 1 aromatic carbocycles. The maximum absolute atomic E-state index is 13.8. The van der Waals surface area contributed by atoms with Crippen molar-refractivity contribution in [1.82, 2.24) is 14.9 Å². The Labute approximate surface area is 118 Å². The molecule has 2 rings (SSSR count). The number of halogens is 2. The van der Waals surface area contributed by atoms with Crippen LogP contribution in [0.15, 0.2) is 22.7 Å². The van der Waals surface area contributed by atoms with Crippen LogP contribution in [-0.2, 0) is 6.54 Å². The fourth-order valence-electron chi connectivity index (χ4n) is 1.59. The van der Waals surface area contributed by atoms with Crippen LogP contribution in [0.5, 0.6) is 0 Å². The first-order valence-corrected chi connectivity index (χ1v) is 7.26. The molecular weight excluding hydrogens is 317 g/mol. The van der Waals surface area contributed by atoms with E-state index in [1.54, 1.807) is 12.1 Å². The summed E-state index contributed by atoms with van der Waals surface area (Å²) < 4.78 is 18.5. The van der Waals surface area contributed by atoms with Crippen LogP contribution in [0.25, 0.3) is 11.3 Å². The van der Waals surface area contributed by atoms with E-state index >= 15 is 0 Å². The number of hydrogen-bond acceptors (Lipinski definition) is 4. The molecule has 96 valence electrons. The third kappa shape index (κ3) is 3.13. The van der Waals surface area contributed by atoms with Crippen molar-refractivity contribution in [1.29, 1.82) is 0 Å². The smallest absolute Gasteiger partial charge is 0.132 e. The average molecular weight is 330 g/mol. The predicted octanol–water partition coefficient (Wildman–Crippen LogP) is 3.61. The molecule has 6 heteroatoms. The maximum Gasteiger partial charge on any atom is 0.132 e. The summed E-state index contributed by atoms with van der Waals surface area (Å²) in [7, 11) is 0. The fraction of sp³-hybridized carbons (Fsp3) is 0.333. The van der Waals surface area contributed by atoms with Gasteiger partial charge in [-0.25, -0.2) is 4.39 Å². The molecule has 18 heavy (non-hydrogen) atoms. The lowest BCUT2D eigenvalue weighted by molar-refractivity contribution is 0.629. The molecule has 3 nitrogen and oxygen atoms in total. The molecule has 0 radical (unpaired) electrons. The first kappa shape index (κ1) is 13.6. The van der Waals surface area contributed by atoms with E-state index in [9.17, 15) is 4.39 Å². The van der Waals surface area contributed by atoms with E-state index in [2.05, 4.69) is 37.8 Å². The van der Waals surface area contributed by atoms with Gasteiger partial charge in [-0.15, -0.1) is 5.10 Å². The molecule has 0 saturated carbocycles. The zero-order chi connectivity index (χ0) is 13.0. The Morgan fingerprint density at radius 3 is 3.06 bits per heavy atom. The summed E-state index contributed by atoms with van der Waals surface area (Å²) in [5.41, 5.74) is 1.12. The summed E-state index contributed by atoms with van der Waals surface area (Å²) in [4.78, 5) is 0.959. The Morgan fingerprint density at radius 1 is 1.44 bits per heavy atom. The van der Waals surface area contributed by atoms with Gasteiger partial charge in [-0.1, -0.05) is 27.3 Å². The van der Waals surface area contributed by atoms with E-state index in [1.165, 1.54) is 17.6 Å². The van der Waals surface area contributed by atoms with Crippen LogP contribution in [0.2, 0.25) is 0 Å². The number of benzene rings is 1. The van der Waals surface area contributed by atoms with Crippen LogP contribution in [0, 0.1) is 5.82 Å². The normalized spacial score (nSPS) is 10.8. The Morgan fingerprint density at radius 2 is 2.28 bits per heavy atom. The highest BCUT2D eigenvalue weighted by Crippen LogP contribution is 2.28. The number of nitrogens with one attached hydrogen (secondary N) is 1. The molecule has 0 bridgehead atoms. The molecule has 0 aliphatic carbocycles. The number of nitrogens with zero attached hydrogens (tertiary/aromatic N) is 2. The molecule has 0 fully saturated rings. The van der Waals surface area contributed by atoms with Gasteiger partial charge in [0.2, 0.25) is 0 Å². The van der Waals surface area contributed by atoms with Gasteiger partial charge in [-0.2, -0.15) is 0 Å². The van der Waals surface area contributed by atoms with Crippen LogP contribution in [0.3, 0.4) is 0 Å². The molecule has 1 aromatic heterocycles. The van der Waals surface area contributed by atoms with Gasteiger partial charge in [0, 0.05) is 16.6 Å². The molecule has 0 aliphatic heterocycles. The second-order valence-electron chi connectivity index (χ2n) is 3.85. The SMILES string of the molecule is CCCNCc1snnc1-c1cc(Br)ccc1F.